The van der Waals surface area contributed by atoms with E-state index in [1.54, 1.807) is 19.9 Å². The molecule has 4 rings (SSSR count). The number of azide groups is 1. The van der Waals surface area contributed by atoms with E-state index in [9.17, 15) is 9.59 Å². The third kappa shape index (κ3) is 4.60. The SMILES string of the molecule is CC(C)C(=O)Oc1ccc2c(c1OC(=O)CCCN=[N+]=[N-])-c1cccc3c1[C@@H](C2)C(C)CC3. The summed E-state index contributed by atoms with van der Waals surface area (Å²) in [7, 11) is 0. The molecule has 0 fully saturated rings. The minimum atomic E-state index is -0.446. The average molecular weight is 448 g/mol. The van der Waals surface area contributed by atoms with E-state index in [0.29, 0.717) is 24.0 Å². The van der Waals surface area contributed by atoms with Crippen LogP contribution in [0.15, 0.2) is 35.4 Å². The number of esters is 2. The lowest BCUT2D eigenvalue weighted by atomic mass is 9.67. The molecule has 2 aliphatic carbocycles. The number of carbonyl (C=O) groups is 2. The van der Waals surface area contributed by atoms with Crippen LogP contribution in [0.1, 0.15) is 62.6 Å². The lowest BCUT2D eigenvalue weighted by Crippen LogP contribution is -2.25. The smallest absolute Gasteiger partial charge is 0.313 e. The number of benzene rings is 2. The molecule has 33 heavy (non-hydrogen) atoms. The summed E-state index contributed by atoms with van der Waals surface area (Å²) in [5, 5.41) is 3.47. The Balaban J connectivity index is 1.79. The molecule has 0 saturated carbocycles. The molecule has 7 heteroatoms. The Bertz CT molecular complexity index is 1130. The fourth-order valence-electron chi connectivity index (χ4n) is 4.88. The van der Waals surface area contributed by atoms with E-state index in [0.717, 1.165) is 36.0 Å². The monoisotopic (exact) mass is 447 g/mol. The summed E-state index contributed by atoms with van der Waals surface area (Å²) < 4.78 is 11.5. The van der Waals surface area contributed by atoms with E-state index in [2.05, 4.69) is 35.1 Å². The van der Waals surface area contributed by atoms with Crippen molar-refractivity contribution in [1.29, 1.82) is 0 Å². The van der Waals surface area contributed by atoms with Crippen molar-refractivity contribution in [3.8, 4) is 22.6 Å². The molecule has 0 aromatic heterocycles. The van der Waals surface area contributed by atoms with Gasteiger partial charge in [-0.2, -0.15) is 0 Å². The number of carbonyl (C=O) groups excluding carboxylic acids is 2. The van der Waals surface area contributed by atoms with Gasteiger partial charge in [0, 0.05) is 23.4 Å². The van der Waals surface area contributed by atoms with Gasteiger partial charge in [-0.05, 0) is 71.4 Å². The van der Waals surface area contributed by atoms with Gasteiger partial charge in [-0.15, -0.1) is 0 Å². The second kappa shape index (κ2) is 9.67. The topological polar surface area (TPSA) is 101 Å². The Morgan fingerprint density at radius 3 is 2.76 bits per heavy atom. The highest BCUT2D eigenvalue weighted by Gasteiger charge is 2.36. The second-order valence-electron chi connectivity index (χ2n) is 9.24. The van der Waals surface area contributed by atoms with Crippen LogP contribution in [0, 0.1) is 11.8 Å². The van der Waals surface area contributed by atoms with Gasteiger partial charge in [0.05, 0.1) is 5.92 Å². The average Bonchev–Trinajstić information content (AvgIpc) is 2.80. The molecule has 0 bridgehead atoms. The molecule has 2 aromatic carbocycles. The van der Waals surface area contributed by atoms with Crippen molar-refractivity contribution in [2.45, 2.75) is 58.8 Å². The zero-order valence-electron chi connectivity index (χ0n) is 19.3. The molecule has 0 amide bonds. The molecule has 2 atom stereocenters. The molecule has 0 saturated heterocycles. The van der Waals surface area contributed by atoms with E-state index in [-0.39, 0.29) is 30.6 Å². The highest BCUT2D eigenvalue weighted by molar-refractivity contribution is 5.87. The van der Waals surface area contributed by atoms with Gasteiger partial charge < -0.3 is 9.47 Å². The minimum Gasteiger partial charge on any atom is -0.422 e. The van der Waals surface area contributed by atoms with Crippen LogP contribution < -0.4 is 9.47 Å². The fourth-order valence-corrected chi connectivity index (χ4v) is 4.88. The van der Waals surface area contributed by atoms with E-state index in [1.165, 1.54) is 11.1 Å². The quantitative estimate of drug-likeness (QED) is 0.127. The number of hydrogen-bond donors (Lipinski definition) is 0. The Morgan fingerprint density at radius 1 is 1.18 bits per heavy atom. The number of hydrogen-bond acceptors (Lipinski definition) is 5. The van der Waals surface area contributed by atoms with Crippen LogP contribution in [-0.4, -0.2) is 18.5 Å². The minimum absolute atomic E-state index is 0.104. The Morgan fingerprint density at radius 2 is 2.00 bits per heavy atom. The van der Waals surface area contributed by atoms with Crippen molar-refractivity contribution in [1.82, 2.24) is 0 Å². The van der Waals surface area contributed by atoms with Gasteiger partial charge in [0.1, 0.15) is 0 Å². The Hall–Kier alpha value is -3.31. The molecular weight excluding hydrogens is 418 g/mol. The van der Waals surface area contributed by atoms with E-state index in [4.69, 9.17) is 15.0 Å². The van der Waals surface area contributed by atoms with Crippen LogP contribution in [-0.2, 0) is 22.4 Å². The van der Waals surface area contributed by atoms with Crippen LogP contribution in [0.4, 0.5) is 0 Å². The first-order chi connectivity index (χ1) is 15.9. The van der Waals surface area contributed by atoms with Gasteiger partial charge in [-0.3, -0.25) is 9.59 Å². The molecule has 172 valence electrons. The molecule has 0 heterocycles. The van der Waals surface area contributed by atoms with Crippen molar-refractivity contribution < 1.29 is 19.1 Å². The summed E-state index contributed by atoms with van der Waals surface area (Å²) in [5.74, 6) is 0.414. The normalized spacial score (nSPS) is 18.1. The lowest BCUT2D eigenvalue weighted by molar-refractivity contribution is -0.139. The first kappa shape index (κ1) is 22.9. The van der Waals surface area contributed by atoms with Gasteiger partial charge in [-0.25, -0.2) is 0 Å². The molecule has 0 spiro atoms. The maximum absolute atomic E-state index is 12.7. The summed E-state index contributed by atoms with van der Waals surface area (Å²) >= 11 is 0. The largest absolute Gasteiger partial charge is 0.422 e. The van der Waals surface area contributed by atoms with E-state index >= 15 is 0 Å². The molecule has 0 N–H and O–H groups in total. The molecule has 0 aliphatic heterocycles. The van der Waals surface area contributed by atoms with Crippen LogP contribution in [0.25, 0.3) is 21.6 Å². The highest BCUT2D eigenvalue weighted by Crippen LogP contribution is 2.53. The summed E-state index contributed by atoms with van der Waals surface area (Å²) in [6.45, 7) is 6.06. The Labute approximate surface area is 193 Å². The van der Waals surface area contributed by atoms with Crippen molar-refractivity contribution in [2.75, 3.05) is 6.54 Å². The van der Waals surface area contributed by atoms with Gasteiger partial charge in [0.2, 0.25) is 0 Å². The van der Waals surface area contributed by atoms with Gasteiger partial charge in [0.25, 0.3) is 0 Å². The molecule has 7 nitrogen and oxygen atoms in total. The number of rotatable bonds is 7. The molecule has 0 radical (unpaired) electrons. The van der Waals surface area contributed by atoms with Crippen LogP contribution in [0.2, 0.25) is 0 Å². The summed E-state index contributed by atoms with van der Waals surface area (Å²) in [6.07, 6.45) is 3.55. The maximum Gasteiger partial charge on any atom is 0.313 e. The zero-order chi connectivity index (χ0) is 23.5. The van der Waals surface area contributed by atoms with Crippen LogP contribution in [0.3, 0.4) is 0 Å². The van der Waals surface area contributed by atoms with Gasteiger partial charge >= 0.3 is 11.9 Å². The van der Waals surface area contributed by atoms with Gasteiger partial charge in [-0.1, -0.05) is 50.2 Å². The van der Waals surface area contributed by atoms with E-state index in [1.807, 2.05) is 6.07 Å². The number of nitrogens with zero attached hydrogens (tertiary/aromatic N) is 3. The second-order valence-corrected chi connectivity index (χ2v) is 9.24. The summed E-state index contributed by atoms with van der Waals surface area (Å²) in [4.78, 5) is 27.8. The molecule has 2 aromatic rings. The summed E-state index contributed by atoms with van der Waals surface area (Å²) in [6, 6.07) is 10.1. The van der Waals surface area contributed by atoms with Gasteiger partial charge in [0.15, 0.2) is 11.5 Å². The van der Waals surface area contributed by atoms with Crippen LogP contribution >= 0.6 is 0 Å². The fraction of sp³-hybridized carbons (Fsp3) is 0.462. The predicted molar refractivity (Wildman–Crippen MR) is 125 cm³/mol. The number of ether oxygens (including phenoxy) is 2. The highest BCUT2D eigenvalue weighted by atomic mass is 16.6. The molecular formula is C26H29N3O4. The molecule has 2 aliphatic rings. The molecule has 1 unspecified atom stereocenters. The van der Waals surface area contributed by atoms with Crippen molar-refractivity contribution >= 4 is 11.9 Å². The number of fused-ring (bicyclic) bond motifs is 2. The lowest BCUT2D eigenvalue weighted by Gasteiger charge is -2.38. The maximum atomic E-state index is 12.7. The van der Waals surface area contributed by atoms with Crippen LogP contribution in [0.5, 0.6) is 11.5 Å². The third-order valence-electron chi connectivity index (χ3n) is 6.64. The Kier molecular flexibility index (Phi) is 6.70. The number of aryl methyl sites for hydroxylation is 1. The summed E-state index contributed by atoms with van der Waals surface area (Å²) in [5.41, 5.74) is 14.1. The van der Waals surface area contributed by atoms with Crippen molar-refractivity contribution in [3.63, 3.8) is 0 Å². The third-order valence-corrected chi connectivity index (χ3v) is 6.64. The van der Waals surface area contributed by atoms with Crippen molar-refractivity contribution in [3.05, 3.63) is 57.5 Å². The van der Waals surface area contributed by atoms with E-state index < -0.39 is 5.97 Å². The first-order valence-electron chi connectivity index (χ1n) is 11.6. The predicted octanol–water partition coefficient (Wildman–Crippen LogP) is 6.13. The van der Waals surface area contributed by atoms with Crippen molar-refractivity contribution in [2.24, 2.45) is 17.0 Å². The standard InChI is InChI=1S/C26H29N3O4/c1-15(2)26(31)32-21-12-11-18-14-20-16(3)9-10-17-6-4-7-19(23(17)20)24(18)25(21)33-22(30)8-5-13-28-29-27/h4,6-7,11-12,15-16,20H,5,8-10,13-14H2,1-3H3/t16?,20-/m0/s1. The first-order valence-corrected chi connectivity index (χ1v) is 11.6. The zero-order valence-corrected chi connectivity index (χ0v) is 19.3.